The number of aromatic carboxylic acids is 1. The van der Waals surface area contributed by atoms with Crippen molar-refractivity contribution >= 4 is 35.7 Å². The molecule has 2 aliphatic heterocycles. The van der Waals surface area contributed by atoms with Gasteiger partial charge in [0, 0.05) is 25.1 Å². The van der Waals surface area contributed by atoms with Crippen LogP contribution in [0.4, 0.5) is 5.69 Å². The molecule has 0 amide bonds. The number of nitrogens with zero attached hydrogens (tertiary/aromatic N) is 1. The van der Waals surface area contributed by atoms with Crippen LogP contribution in [0.5, 0.6) is 5.75 Å². The van der Waals surface area contributed by atoms with E-state index in [1.165, 1.54) is 25.3 Å². The summed E-state index contributed by atoms with van der Waals surface area (Å²) in [6, 6.07) is 1.32. The molecule has 8 heteroatoms. The van der Waals surface area contributed by atoms with E-state index in [9.17, 15) is 4.79 Å². The van der Waals surface area contributed by atoms with Crippen molar-refractivity contribution in [2.24, 2.45) is 0 Å². The number of hydrogen-bond acceptors (Lipinski definition) is 3. The highest BCUT2D eigenvalue weighted by molar-refractivity contribution is 6.33. The van der Waals surface area contributed by atoms with E-state index < -0.39 is 5.97 Å². The highest BCUT2D eigenvalue weighted by atomic mass is 35.5. The van der Waals surface area contributed by atoms with Crippen LogP contribution in [0.3, 0.4) is 0 Å². The van der Waals surface area contributed by atoms with Gasteiger partial charge in [-0.25, -0.2) is 10.1 Å². The lowest BCUT2D eigenvalue weighted by molar-refractivity contribution is 0.0693. The minimum atomic E-state index is -1.05. The van der Waals surface area contributed by atoms with Gasteiger partial charge in [0.1, 0.15) is 11.3 Å². The molecule has 1 saturated heterocycles. The Hall–Kier alpha value is -1.21. The van der Waals surface area contributed by atoms with E-state index in [2.05, 4.69) is 12.2 Å². The Labute approximate surface area is 160 Å². The number of carboxylic acid groups (broad SMARTS) is 1. The Morgan fingerprint density at radius 2 is 1.96 bits per heavy atom. The maximum atomic E-state index is 10.8. The molecule has 1 aromatic carbocycles. The van der Waals surface area contributed by atoms with Crippen molar-refractivity contribution in [2.75, 3.05) is 25.4 Å². The molecule has 0 aromatic heterocycles. The summed E-state index contributed by atoms with van der Waals surface area (Å²) in [7, 11) is 0. The van der Waals surface area contributed by atoms with Crippen LogP contribution in [-0.2, 0) is 6.42 Å². The highest BCUT2D eigenvalue weighted by Gasteiger charge is 2.24. The number of rotatable bonds is 1. The predicted molar refractivity (Wildman–Crippen MR) is 104 cm³/mol. The van der Waals surface area contributed by atoms with E-state index in [0.717, 1.165) is 19.5 Å². The number of hydrogen-bond donors (Lipinski definition) is 2. The quantitative estimate of drug-likeness (QED) is 0.710. The number of carboxylic acids is 1. The standard InChI is InChI=1S/C9H8ClNO3.C5H10N.C3H7.ClH.H2O/c10-6-3-5(9(12)13)8-4(7(6)11)1-2-14-8;1-2-4-6-5-3-1;1-3-2;;/h3H,1-2,11H2,(H,12,13);1-5H2;1,3H2,2H3;1H;1H2. The van der Waals surface area contributed by atoms with Gasteiger partial charge in [-0.05, 0) is 18.9 Å². The molecule has 1 fully saturated rings. The lowest BCUT2D eigenvalue weighted by atomic mass is 10.1. The Kier molecular flexibility index (Phi) is 14.6. The Bertz CT molecular complexity index is 512. The fourth-order valence-electron chi connectivity index (χ4n) is 2.26. The third-order valence-corrected chi connectivity index (χ3v) is 3.65. The van der Waals surface area contributed by atoms with Crippen LogP contribution in [0, 0.1) is 6.92 Å². The molecule has 25 heavy (non-hydrogen) atoms. The topological polar surface area (TPSA) is 118 Å². The summed E-state index contributed by atoms with van der Waals surface area (Å²) in [6.07, 6.45) is 5.69. The average Bonchev–Trinajstić information content (AvgIpc) is 3.03. The molecule has 2 radical (unpaired) electrons. The van der Waals surface area contributed by atoms with Crippen LogP contribution in [0.25, 0.3) is 0 Å². The van der Waals surface area contributed by atoms with Crippen molar-refractivity contribution in [2.45, 2.75) is 39.0 Å². The van der Waals surface area contributed by atoms with Gasteiger partial charge < -0.3 is 21.1 Å². The van der Waals surface area contributed by atoms with E-state index in [0.29, 0.717) is 30.0 Å². The summed E-state index contributed by atoms with van der Waals surface area (Å²) in [5.41, 5.74) is 6.90. The minimum Gasteiger partial charge on any atom is -0.492 e. The van der Waals surface area contributed by atoms with Crippen molar-refractivity contribution < 1.29 is 20.1 Å². The molecule has 6 nitrogen and oxygen atoms in total. The SMILES string of the molecule is C1CC[N]CC1.Cl.Nc1c(Cl)cc(C(=O)O)c2c1CCO2.O.[CH2]CC. The Balaban J connectivity index is 0. The van der Waals surface area contributed by atoms with Gasteiger partial charge in [0.25, 0.3) is 0 Å². The number of benzene rings is 1. The zero-order valence-electron chi connectivity index (χ0n) is 14.5. The van der Waals surface area contributed by atoms with Crippen molar-refractivity contribution in [3.63, 3.8) is 0 Å². The predicted octanol–water partition coefficient (Wildman–Crippen LogP) is 3.16. The summed E-state index contributed by atoms with van der Waals surface area (Å²) in [4.78, 5) is 10.8. The molecule has 144 valence electrons. The van der Waals surface area contributed by atoms with Crippen molar-refractivity contribution in [3.05, 3.63) is 29.1 Å². The van der Waals surface area contributed by atoms with Gasteiger partial charge in [-0.1, -0.05) is 38.3 Å². The fraction of sp³-hybridized carbons (Fsp3) is 0.529. The van der Waals surface area contributed by atoms with Crippen LogP contribution in [0.2, 0.25) is 5.02 Å². The van der Waals surface area contributed by atoms with Gasteiger partial charge in [0.05, 0.1) is 17.3 Å². The number of anilines is 1. The first-order chi connectivity index (χ1) is 11.0. The molecule has 0 spiro atoms. The number of ether oxygens (including phenoxy) is 1. The first-order valence-electron chi connectivity index (χ1n) is 7.92. The highest BCUT2D eigenvalue weighted by Crippen LogP contribution is 2.38. The van der Waals surface area contributed by atoms with Crippen molar-refractivity contribution in [1.29, 1.82) is 0 Å². The fourth-order valence-corrected chi connectivity index (χ4v) is 2.49. The lowest BCUT2D eigenvalue weighted by Crippen LogP contribution is -2.13. The number of carbonyl (C=O) groups is 1. The van der Waals surface area contributed by atoms with Crippen LogP contribution < -0.4 is 15.8 Å². The first kappa shape index (κ1) is 26.0. The van der Waals surface area contributed by atoms with E-state index in [1.54, 1.807) is 0 Å². The maximum absolute atomic E-state index is 10.8. The summed E-state index contributed by atoms with van der Waals surface area (Å²) >= 11 is 5.80. The molecule has 0 atom stereocenters. The number of halogens is 2. The second-order valence-corrected chi connectivity index (χ2v) is 5.67. The second-order valence-electron chi connectivity index (χ2n) is 5.26. The van der Waals surface area contributed by atoms with Gasteiger partial charge in [0.2, 0.25) is 0 Å². The van der Waals surface area contributed by atoms with E-state index in [-0.39, 0.29) is 28.5 Å². The number of fused-ring (bicyclic) bond motifs is 1. The minimum absolute atomic E-state index is 0. The Morgan fingerprint density at radius 3 is 2.36 bits per heavy atom. The van der Waals surface area contributed by atoms with Gasteiger partial charge in [-0.3, -0.25) is 0 Å². The average molecular weight is 395 g/mol. The first-order valence-corrected chi connectivity index (χ1v) is 8.30. The zero-order chi connectivity index (χ0) is 17.2. The molecular weight excluding hydrogens is 367 g/mol. The van der Waals surface area contributed by atoms with Gasteiger partial charge in [-0.2, -0.15) is 0 Å². The van der Waals surface area contributed by atoms with Crippen molar-refractivity contribution in [1.82, 2.24) is 5.32 Å². The van der Waals surface area contributed by atoms with Crippen LogP contribution >= 0.6 is 24.0 Å². The van der Waals surface area contributed by atoms with Gasteiger partial charge in [0.15, 0.2) is 0 Å². The number of piperidine rings is 1. The molecule has 0 bridgehead atoms. The van der Waals surface area contributed by atoms with E-state index in [1.807, 2.05) is 6.92 Å². The molecule has 0 saturated carbocycles. The van der Waals surface area contributed by atoms with Crippen LogP contribution in [0.1, 0.15) is 48.5 Å². The Morgan fingerprint density at radius 1 is 1.40 bits per heavy atom. The smallest absolute Gasteiger partial charge is 0.339 e. The number of nitrogens with two attached hydrogens (primary N) is 1. The molecule has 0 unspecified atom stereocenters. The summed E-state index contributed by atoms with van der Waals surface area (Å²) < 4.78 is 5.21. The molecule has 2 aliphatic rings. The summed E-state index contributed by atoms with van der Waals surface area (Å²) in [6.45, 7) is 8.21. The van der Waals surface area contributed by atoms with E-state index >= 15 is 0 Å². The van der Waals surface area contributed by atoms with E-state index in [4.69, 9.17) is 27.2 Å². The molecule has 5 N–H and O–H groups in total. The summed E-state index contributed by atoms with van der Waals surface area (Å²) in [5.74, 6) is -0.690. The maximum Gasteiger partial charge on any atom is 0.339 e. The zero-order valence-corrected chi connectivity index (χ0v) is 16.1. The molecular formula is C17H28Cl2N2O4. The molecule has 0 aliphatic carbocycles. The molecule has 2 heterocycles. The van der Waals surface area contributed by atoms with Gasteiger partial charge in [-0.15, -0.1) is 12.4 Å². The largest absolute Gasteiger partial charge is 0.492 e. The molecule has 1 aromatic rings. The van der Waals surface area contributed by atoms with Gasteiger partial charge >= 0.3 is 5.97 Å². The summed E-state index contributed by atoms with van der Waals surface area (Å²) in [5, 5.41) is 13.3. The lowest BCUT2D eigenvalue weighted by Gasteiger charge is -2.07. The number of nitrogen functional groups attached to an aromatic ring is 1. The van der Waals surface area contributed by atoms with Crippen LogP contribution in [0.15, 0.2) is 6.07 Å². The third kappa shape index (κ3) is 8.14. The molecule has 3 rings (SSSR count). The third-order valence-electron chi connectivity index (χ3n) is 3.33. The van der Waals surface area contributed by atoms with Crippen molar-refractivity contribution in [3.8, 4) is 5.75 Å². The second kappa shape index (κ2) is 14.0. The normalized spacial score (nSPS) is 14.0. The van der Waals surface area contributed by atoms with Crippen LogP contribution in [-0.4, -0.2) is 36.2 Å². The monoisotopic (exact) mass is 394 g/mol.